The molecule has 2 rings (SSSR count). The van der Waals surface area contributed by atoms with Gasteiger partial charge in [-0.05, 0) is 30.6 Å². The first kappa shape index (κ1) is 15.3. The van der Waals surface area contributed by atoms with Crippen LogP contribution in [0, 0.1) is 16.7 Å². The number of hydrogen-bond donors (Lipinski definition) is 1. The zero-order valence-corrected chi connectivity index (χ0v) is 13.6. The average molecular weight is 267 g/mol. The summed E-state index contributed by atoms with van der Waals surface area (Å²) in [6, 6.07) is 0.641. The van der Waals surface area contributed by atoms with Crippen molar-refractivity contribution in [3.8, 4) is 0 Å². The molecule has 0 bridgehead atoms. The van der Waals surface area contributed by atoms with Gasteiger partial charge in [-0.1, -0.05) is 47.5 Å². The van der Waals surface area contributed by atoms with Gasteiger partial charge in [0.1, 0.15) is 0 Å². The minimum atomic E-state index is 0.295. The molecule has 0 amide bonds. The summed E-state index contributed by atoms with van der Waals surface area (Å²) in [6.45, 7) is 13.7. The van der Waals surface area contributed by atoms with Crippen LogP contribution in [0.1, 0.15) is 66.7 Å². The largest absolute Gasteiger partial charge is 0.377 e. The van der Waals surface area contributed by atoms with Gasteiger partial charge < -0.3 is 10.1 Å². The molecule has 0 radical (unpaired) electrons. The fourth-order valence-electron chi connectivity index (χ4n) is 3.60. The van der Waals surface area contributed by atoms with E-state index in [0.29, 0.717) is 28.9 Å². The molecule has 2 fully saturated rings. The van der Waals surface area contributed by atoms with Crippen LogP contribution in [0.2, 0.25) is 0 Å². The second-order valence-corrected chi connectivity index (χ2v) is 8.22. The van der Waals surface area contributed by atoms with Crippen LogP contribution in [0.25, 0.3) is 0 Å². The van der Waals surface area contributed by atoms with Crippen LogP contribution >= 0.6 is 0 Å². The van der Waals surface area contributed by atoms with Gasteiger partial charge in [0.15, 0.2) is 0 Å². The van der Waals surface area contributed by atoms with Crippen LogP contribution in [0.4, 0.5) is 0 Å². The van der Waals surface area contributed by atoms with E-state index in [1.165, 1.54) is 38.6 Å². The molecular formula is C17H33NO. The lowest BCUT2D eigenvalue weighted by molar-refractivity contribution is -0.125. The lowest BCUT2D eigenvalue weighted by atomic mass is 9.64. The van der Waals surface area contributed by atoms with E-state index in [-0.39, 0.29) is 0 Å². The fraction of sp³-hybridized carbons (Fsp3) is 1.00. The molecule has 0 saturated heterocycles. The topological polar surface area (TPSA) is 21.3 Å². The normalized spacial score (nSPS) is 32.5. The van der Waals surface area contributed by atoms with Crippen molar-refractivity contribution in [2.75, 3.05) is 13.2 Å². The summed E-state index contributed by atoms with van der Waals surface area (Å²) in [7, 11) is 0. The molecule has 2 unspecified atom stereocenters. The van der Waals surface area contributed by atoms with Crippen LogP contribution < -0.4 is 5.32 Å². The maximum absolute atomic E-state index is 6.04. The third-order valence-electron chi connectivity index (χ3n) is 5.39. The predicted molar refractivity (Wildman–Crippen MR) is 81.3 cm³/mol. The Labute approximate surface area is 119 Å². The maximum atomic E-state index is 6.04. The molecule has 0 aromatic rings. The van der Waals surface area contributed by atoms with Crippen molar-refractivity contribution < 1.29 is 4.74 Å². The standard InChI is InChI=1S/C17H33NO/c1-13(2)11-19-15-10-14(16(15,3)4)18-12-17(5)8-6-7-9-17/h13-15,18H,6-12H2,1-5H3. The van der Waals surface area contributed by atoms with Gasteiger partial charge in [0.2, 0.25) is 0 Å². The van der Waals surface area contributed by atoms with Gasteiger partial charge in [-0.3, -0.25) is 0 Å². The highest BCUT2D eigenvalue weighted by atomic mass is 16.5. The molecule has 0 aromatic carbocycles. The minimum absolute atomic E-state index is 0.295. The van der Waals surface area contributed by atoms with Crippen molar-refractivity contribution in [2.45, 2.75) is 78.9 Å². The highest BCUT2D eigenvalue weighted by Crippen LogP contribution is 2.44. The summed E-state index contributed by atoms with van der Waals surface area (Å²) >= 11 is 0. The van der Waals surface area contributed by atoms with Crippen LogP contribution in [0.15, 0.2) is 0 Å². The smallest absolute Gasteiger partial charge is 0.0656 e. The van der Waals surface area contributed by atoms with Crippen LogP contribution in [-0.2, 0) is 4.74 Å². The van der Waals surface area contributed by atoms with Gasteiger partial charge in [0, 0.05) is 24.6 Å². The SMILES string of the molecule is CC(C)COC1CC(NCC2(C)CCCC2)C1(C)C. The Morgan fingerprint density at radius 3 is 2.32 bits per heavy atom. The molecule has 112 valence electrons. The van der Waals surface area contributed by atoms with Gasteiger partial charge in [-0.25, -0.2) is 0 Å². The van der Waals surface area contributed by atoms with Crippen molar-refractivity contribution in [3.05, 3.63) is 0 Å². The number of nitrogens with one attached hydrogen (secondary N) is 1. The molecule has 2 heteroatoms. The monoisotopic (exact) mass is 267 g/mol. The molecule has 0 aliphatic heterocycles. The van der Waals surface area contributed by atoms with E-state index >= 15 is 0 Å². The molecule has 0 heterocycles. The third-order valence-corrected chi connectivity index (χ3v) is 5.39. The molecule has 0 spiro atoms. The van der Waals surface area contributed by atoms with Crippen molar-refractivity contribution in [1.82, 2.24) is 5.32 Å². The van der Waals surface area contributed by atoms with Crippen molar-refractivity contribution in [1.29, 1.82) is 0 Å². The first-order valence-electron chi connectivity index (χ1n) is 8.18. The van der Waals surface area contributed by atoms with Gasteiger partial charge >= 0.3 is 0 Å². The van der Waals surface area contributed by atoms with E-state index < -0.39 is 0 Å². The summed E-state index contributed by atoms with van der Waals surface area (Å²) in [4.78, 5) is 0. The van der Waals surface area contributed by atoms with Gasteiger partial charge in [0.05, 0.1) is 6.10 Å². The summed E-state index contributed by atoms with van der Waals surface area (Å²) in [5.41, 5.74) is 0.851. The van der Waals surface area contributed by atoms with E-state index in [1.807, 2.05) is 0 Å². The number of ether oxygens (including phenoxy) is 1. The summed E-state index contributed by atoms with van der Waals surface area (Å²) < 4.78 is 6.04. The molecule has 2 atom stereocenters. The highest BCUT2D eigenvalue weighted by molar-refractivity contribution is 5.03. The lowest BCUT2D eigenvalue weighted by Crippen LogP contribution is -2.62. The molecule has 2 nitrogen and oxygen atoms in total. The first-order valence-corrected chi connectivity index (χ1v) is 8.18. The minimum Gasteiger partial charge on any atom is -0.377 e. The Balaban J connectivity index is 1.74. The zero-order chi connectivity index (χ0) is 14.1. The predicted octanol–water partition coefficient (Wildman–Crippen LogP) is 4.00. The number of hydrogen-bond acceptors (Lipinski definition) is 2. The zero-order valence-electron chi connectivity index (χ0n) is 13.6. The Kier molecular flexibility index (Phi) is 4.62. The van der Waals surface area contributed by atoms with Crippen LogP contribution in [-0.4, -0.2) is 25.3 Å². The fourth-order valence-corrected chi connectivity index (χ4v) is 3.60. The number of rotatable bonds is 6. The second kappa shape index (κ2) is 5.73. The van der Waals surface area contributed by atoms with E-state index in [2.05, 4.69) is 39.9 Å². The van der Waals surface area contributed by atoms with Crippen molar-refractivity contribution in [2.24, 2.45) is 16.7 Å². The quantitative estimate of drug-likeness (QED) is 0.785. The Bertz CT molecular complexity index is 292. The molecule has 19 heavy (non-hydrogen) atoms. The van der Waals surface area contributed by atoms with Gasteiger partial charge in [0.25, 0.3) is 0 Å². The first-order chi connectivity index (χ1) is 8.83. The highest BCUT2D eigenvalue weighted by Gasteiger charge is 2.49. The molecule has 2 saturated carbocycles. The molecular weight excluding hydrogens is 234 g/mol. The Hall–Kier alpha value is -0.0800. The second-order valence-electron chi connectivity index (χ2n) is 8.22. The molecule has 0 aromatic heterocycles. The van der Waals surface area contributed by atoms with Crippen molar-refractivity contribution >= 4 is 0 Å². The molecule has 2 aliphatic carbocycles. The molecule has 1 N–H and O–H groups in total. The summed E-state index contributed by atoms with van der Waals surface area (Å²) in [6.07, 6.45) is 7.29. The lowest BCUT2D eigenvalue weighted by Gasteiger charge is -2.53. The van der Waals surface area contributed by atoms with E-state index in [0.717, 1.165) is 6.61 Å². The third kappa shape index (κ3) is 3.52. The van der Waals surface area contributed by atoms with Crippen molar-refractivity contribution in [3.63, 3.8) is 0 Å². The summed E-state index contributed by atoms with van der Waals surface area (Å²) in [5, 5.41) is 3.83. The molecule has 2 aliphatic rings. The van der Waals surface area contributed by atoms with E-state index in [4.69, 9.17) is 4.74 Å². The van der Waals surface area contributed by atoms with E-state index in [9.17, 15) is 0 Å². The van der Waals surface area contributed by atoms with Crippen LogP contribution in [0.5, 0.6) is 0 Å². The van der Waals surface area contributed by atoms with Gasteiger partial charge in [-0.2, -0.15) is 0 Å². The maximum Gasteiger partial charge on any atom is 0.0656 e. The van der Waals surface area contributed by atoms with Crippen LogP contribution in [0.3, 0.4) is 0 Å². The average Bonchev–Trinajstić information content (AvgIpc) is 2.74. The Morgan fingerprint density at radius 2 is 1.79 bits per heavy atom. The Morgan fingerprint density at radius 1 is 1.16 bits per heavy atom. The van der Waals surface area contributed by atoms with E-state index in [1.54, 1.807) is 0 Å². The summed E-state index contributed by atoms with van der Waals surface area (Å²) in [5.74, 6) is 0.639. The van der Waals surface area contributed by atoms with Gasteiger partial charge in [-0.15, -0.1) is 0 Å².